The molecule has 1 aromatic heterocycles. The van der Waals surface area contributed by atoms with E-state index >= 15 is 4.39 Å². The lowest BCUT2D eigenvalue weighted by Gasteiger charge is -2.37. The van der Waals surface area contributed by atoms with Gasteiger partial charge in [0.05, 0.1) is 24.7 Å². The predicted octanol–water partition coefficient (Wildman–Crippen LogP) is 5.87. The number of ether oxygens (including phenoxy) is 1. The maximum Gasteiger partial charge on any atom is 0.308 e. The Hall–Kier alpha value is -1.93. The molecule has 0 bridgehead atoms. The van der Waals surface area contributed by atoms with Crippen molar-refractivity contribution >= 4 is 28.6 Å². The zero-order valence-corrected chi connectivity index (χ0v) is 20.5. The molecule has 3 atom stereocenters. The fraction of sp³-hybridized carbons (Fsp3) is 0.615. The summed E-state index contributed by atoms with van der Waals surface area (Å²) in [4.78, 5) is 18.3. The van der Waals surface area contributed by atoms with Crippen LogP contribution >= 0.6 is 11.8 Å². The Labute approximate surface area is 204 Å². The topological polar surface area (TPSA) is 62.7 Å². The van der Waals surface area contributed by atoms with Crippen LogP contribution in [0.4, 0.5) is 8.78 Å². The van der Waals surface area contributed by atoms with Gasteiger partial charge in [0.2, 0.25) is 0 Å². The molecule has 4 rings (SSSR count). The third kappa shape index (κ3) is 6.00. The molecule has 0 amide bonds. The molecule has 186 valence electrons. The molecule has 2 aromatic rings. The largest absolute Gasteiger partial charge is 0.497 e. The van der Waals surface area contributed by atoms with Gasteiger partial charge < -0.3 is 14.7 Å². The molecule has 1 aromatic carbocycles. The first-order chi connectivity index (χ1) is 16.5. The lowest BCUT2D eigenvalue weighted by atomic mass is 9.81. The average molecular weight is 493 g/mol. The van der Waals surface area contributed by atoms with Crippen molar-refractivity contribution in [3.05, 3.63) is 35.8 Å². The molecule has 2 fully saturated rings. The summed E-state index contributed by atoms with van der Waals surface area (Å²) in [5.41, 5.74) is 0.490. The normalized spacial score (nSPS) is 22.8. The van der Waals surface area contributed by atoms with E-state index in [1.165, 1.54) is 32.8 Å². The lowest BCUT2D eigenvalue weighted by molar-refractivity contribution is -0.146. The minimum atomic E-state index is -1.53. The third-order valence-electron chi connectivity index (χ3n) is 7.39. The van der Waals surface area contributed by atoms with Gasteiger partial charge in [0.1, 0.15) is 17.7 Å². The number of thioether (sulfide) groups is 1. The quantitative estimate of drug-likeness (QED) is 0.447. The third-order valence-corrected chi connectivity index (χ3v) is 8.75. The number of carboxylic acid groups (broad SMARTS) is 1. The minimum absolute atomic E-state index is 0.0165. The summed E-state index contributed by atoms with van der Waals surface area (Å²) in [6, 6.07) is 5.00. The zero-order valence-electron chi connectivity index (χ0n) is 19.7. The van der Waals surface area contributed by atoms with E-state index in [-0.39, 0.29) is 17.9 Å². The molecule has 0 spiro atoms. The monoisotopic (exact) mass is 492 g/mol. The molecule has 2 aliphatic rings. The van der Waals surface area contributed by atoms with Crippen LogP contribution in [-0.4, -0.2) is 58.7 Å². The van der Waals surface area contributed by atoms with Gasteiger partial charge in [-0.15, -0.1) is 0 Å². The van der Waals surface area contributed by atoms with Gasteiger partial charge in [0, 0.05) is 35.0 Å². The summed E-state index contributed by atoms with van der Waals surface area (Å²) in [7, 11) is 1.51. The van der Waals surface area contributed by atoms with Crippen molar-refractivity contribution in [3.63, 3.8) is 0 Å². The smallest absolute Gasteiger partial charge is 0.308 e. The number of aromatic nitrogens is 1. The number of pyridine rings is 1. The fourth-order valence-electron chi connectivity index (χ4n) is 5.42. The second-order valence-corrected chi connectivity index (χ2v) is 10.9. The van der Waals surface area contributed by atoms with Gasteiger partial charge >= 0.3 is 5.97 Å². The maximum absolute atomic E-state index is 15.4. The molecule has 0 radical (unpaired) electrons. The summed E-state index contributed by atoms with van der Waals surface area (Å²) < 4.78 is 35.2. The Bertz CT molecular complexity index is 986. The van der Waals surface area contributed by atoms with Crippen molar-refractivity contribution in [2.45, 2.75) is 56.4 Å². The minimum Gasteiger partial charge on any atom is -0.497 e. The Morgan fingerprint density at radius 3 is 2.85 bits per heavy atom. The number of nitrogens with zero attached hydrogens (tertiary/aromatic N) is 2. The molecule has 1 aliphatic heterocycles. The number of methoxy groups -OCH3 is 1. The van der Waals surface area contributed by atoms with E-state index in [9.17, 15) is 14.3 Å². The van der Waals surface area contributed by atoms with Crippen LogP contribution in [0.3, 0.4) is 0 Å². The van der Waals surface area contributed by atoms with E-state index in [1.54, 1.807) is 18.2 Å². The summed E-state index contributed by atoms with van der Waals surface area (Å²) >= 11 is 2.02. The number of piperidine rings is 1. The fourth-order valence-corrected chi connectivity index (χ4v) is 6.78. The molecule has 2 heterocycles. The van der Waals surface area contributed by atoms with Crippen molar-refractivity contribution in [1.29, 1.82) is 0 Å². The van der Waals surface area contributed by atoms with Gasteiger partial charge in [-0.1, -0.05) is 12.8 Å². The van der Waals surface area contributed by atoms with E-state index in [1.807, 2.05) is 11.8 Å². The Kier molecular flexibility index (Phi) is 8.64. The number of carboxylic acids is 1. The van der Waals surface area contributed by atoms with Gasteiger partial charge in [-0.2, -0.15) is 11.8 Å². The molecular weight excluding hydrogens is 458 g/mol. The number of fused-ring (bicyclic) bond motifs is 1. The van der Waals surface area contributed by atoms with E-state index in [2.05, 4.69) is 9.88 Å². The lowest BCUT2D eigenvalue weighted by Crippen LogP contribution is -2.44. The van der Waals surface area contributed by atoms with E-state index < -0.39 is 23.9 Å². The highest BCUT2D eigenvalue weighted by Gasteiger charge is 2.35. The number of carbonyl (C=O) groups is 1. The SMILES string of the molecule is COc1ccc2ncc(F)c(C(F)CCC3CCN(CCSC4CCCC4)CC3C(=O)O)c2c1. The number of alkyl halides is 1. The molecule has 3 unspecified atom stereocenters. The standard InChI is InChI=1S/C26H34F2N2O3S/c1-33-18-7-9-24-20(14-18)25(23(28)15-29-24)22(27)8-6-17-10-11-30(16-21(17)26(31)32)12-13-34-19-4-2-3-5-19/h7,9,14-15,17,19,21-22H,2-6,8,10-13,16H2,1H3,(H,31,32). The highest BCUT2D eigenvalue weighted by Crippen LogP contribution is 2.37. The average Bonchev–Trinajstić information content (AvgIpc) is 3.36. The highest BCUT2D eigenvalue weighted by molar-refractivity contribution is 7.99. The summed E-state index contributed by atoms with van der Waals surface area (Å²) in [6.07, 6.45) is 6.00. The van der Waals surface area contributed by atoms with Crippen molar-refractivity contribution in [1.82, 2.24) is 9.88 Å². The number of halogens is 2. The Morgan fingerprint density at radius 1 is 1.32 bits per heavy atom. The number of aliphatic carboxylic acids is 1. The predicted molar refractivity (Wildman–Crippen MR) is 132 cm³/mol. The van der Waals surface area contributed by atoms with Crippen LogP contribution in [0.1, 0.15) is 56.7 Å². The van der Waals surface area contributed by atoms with Gasteiger partial charge in [0.25, 0.3) is 0 Å². The van der Waals surface area contributed by atoms with Gasteiger partial charge in [-0.25, -0.2) is 8.78 Å². The number of hydrogen-bond acceptors (Lipinski definition) is 5. The van der Waals surface area contributed by atoms with Crippen LogP contribution in [-0.2, 0) is 4.79 Å². The first kappa shape index (κ1) is 25.2. The van der Waals surface area contributed by atoms with Crippen LogP contribution in [0.15, 0.2) is 24.4 Å². The van der Waals surface area contributed by atoms with Crippen molar-refractivity contribution in [3.8, 4) is 5.75 Å². The van der Waals surface area contributed by atoms with E-state index in [4.69, 9.17) is 4.74 Å². The van der Waals surface area contributed by atoms with Crippen molar-refractivity contribution in [2.24, 2.45) is 11.8 Å². The van der Waals surface area contributed by atoms with Crippen LogP contribution in [0.5, 0.6) is 5.75 Å². The number of hydrogen-bond donors (Lipinski definition) is 1. The second kappa shape index (κ2) is 11.7. The van der Waals surface area contributed by atoms with E-state index in [0.717, 1.165) is 36.7 Å². The molecule has 8 heteroatoms. The summed E-state index contributed by atoms with van der Waals surface area (Å²) in [5.74, 6) is -0.586. The van der Waals surface area contributed by atoms with E-state index in [0.29, 0.717) is 29.6 Å². The number of likely N-dealkylation sites (tertiary alicyclic amines) is 1. The highest BCUT2D eigenvalue weighted by atomic mass is 32.2. The molecule has 1 aliphatic carbocycles. The van der Waals surface area contributed by atoms with Crippen molar-refractivity contribution in [2.75, 3.05) is 32.5 Å². The maximum atomic E-state index is 15.4. The first-order valence-electron chi connectivity index (χ1n) is 12.3. The zero-order chi connectivity index (χ0) is 24.1. The molecule has 1 N–H and O–H groups in total. The van der Waals surface area contributed by atoms with Crippen LogP contribution in [0.25, 0.3) is 10.9 Å². The van der Waals surface area contributed by atoms with Gasteiger partial charge in [-0.05, 0) is 62.8 Å². The van der Waals surface area contributed by atoms with Crippen molar-refractivity contribution < 1.29 is 23.4 Å². The molecular formula is C26H34F2N2O3S. The first-order valence-corrected chi connectivity index (χ1v) is 13.3. The summed E-state index contributed by atoms with van der Waals surface area (Å²) in [6.45, 7) is 2.24. The second-order valence-electron chi connectivity index (χ2n) is 9.52. The van der Waals surface area contributed by atoms with Crippen LogP contribution in [0.2, 0.25) is 0 Å². The Balaban J connectivity index is 1.36. The van der Waals surface area contributed by atoms with Gasteiger partial charge in [-0.3, -0.25) is 9.78 Å². The molecule has 1 saturated heterocycles. The van der Waals surface area contributed by atoms with Crippen LogP contribution < -0.4 is 4.74 Å². The number of rotatable bonds is 10. The molecule has 34 heavy (non-hydrogen) atoms. The van der Waals surface area contributed by atoms with Gasteiger partial charge in [0.15, 0.2) is 0 Å². The van der Waals surface area contributed by atoms with Crippen LogP contribution in [0, 0.1) is 17.7 Å². The number of benzene rings is 1. The molecule has 5 nitrogen and oxygen atoms in total. The summed E-state index contributed by atoms with van der Waals surface area (Å²) in [5, 5.41) is 11.0. The molecule has 1 saturated carbocycles. The Morgan fingerprint density at radius 2 is 2.12 bits per heavy atom.